The number of aliphatic hydroxyl groups excluding tert-OH is 2. The Morgan fingerprint density at radius 2 is 1.62 bits per heavy atom. The van der Waals surface area contributed by atoms with E-state index in [0.717, 1.165) is 11.9 Å². The van der Waals surface area contributed by atoms with E-state index in [1.54, 1.807) is 25.1 Å². The molecule has 0 fully saturated rings. The SMILES string of the molecule is Cc1cn(-c2ccc(-c3ccc(CO)c(S(C)(=O)=O)c3)cc2-c2nc(CC(C)O)oc2-c2ccc(OC(F)(F)F)cc2)c(C)n1. The average Bonchev–Trinajstić information content (AvgIpc) is 3.52. The van der Waals surface area contributed by atoms with Crippen molar-refractivity contribution in [3.05, 3.63) is 89.8 Å². The molecule has 3 aromatic carbocycles. The smallest absolute Gasteiger partial charge is 0.440 e. The van der Waals surface area contributed by atoms with Gasteiger partial charge in [0, 0.05) is 23.6 Å². The largest absolute Gasteiger partial charge is 0.573 e. The molecule has 2 aromatic heterocycles. The molecule has 236 valence electrons. The second-order valence-corrected chi connectivity index (χ2v) is 12.7. The maximum absolute atomic E-state index is 12.8. The number of benzene rings is 3. The normalized spacial score (nSPS) is 12.8. The van der Waals surface area contributed by atoms with Crippen LogP contribution in [0.15, 0.2) is 76.2 Å². The van der Waals surface area contributed by atoms with Gasteiger partial charge in [0.1, 0.15) is 17.3 Å². The van der Waals surface area contributed by atoms with Gasteiger partial charge in [0.2, 0.25) is 0 Å². The van der Waals surface area contributed by atoms with E-state index in [4.69, 9.17) is 9.40 Å². The van der Waals surface area contributed by atoms with Gasteiger partial charge in [-0.05, 0) is 79.9 Å². The summed E-state index contributed by atoms with van der Waals surface area (Å²) >= 11 is 0. The summed E-state index contributed by atoms with van der Waals surface area (Å²) in [5.41, 5.74) is 4.16. The van der Waals surface area contributed by atoms with Crippen molar-refractivity contribution in [3.63, 3.8) is 0 Å². The second-order valence-electron chi connectivity index (χ2n) is 10.7. The molecule has 0 aliphatic heterocycles. The third-order valence-electron chi connectivity index (χ3n) is 6.98. The first-order valence-corrected chi connectivity index (χ1v) is 15.7. The van der Waals surface area contributed by atoms with Crippen LogP contribution in [-0.4, -0.2) is 51.9 Å². The van der Waals surface area contributed by atoms with Gasteiger partial charge in [-0.2, -0.15) is 0 Å². The zero-order chi connectivity index (χ0) is 32.7. The lowest BCUT2D eigenvalue weighted by Crippen LogP contribution is -2.16. The molecule has 13 heteroatoms. The lowest BCUT2D eigenvalue weighted by atomic mass is 9.97. The fourth-order valence-corrected chi connectivity index (χ4v) is 6.03. The van der Waals surface area contributed by atoms with E-state index in [0.29, 0.717) is 39.5 Å². The third kappa shape index (κ3) is 7.11. The Kier molecular flexibility index (Phi) is 8.62. The number of oxazole rings is 1. The van der Waals surface area contributed by atoms with E-state index in [1.807, 2.05) is 36.7 Å². The van der Waals surface area contributed by atoms with Crippen LogP contribution in [0, 0.1) is 13.8 Å². The van der Waals surface area contributed by atoms with Gasteiger partial charge in [-0.1, -0.05) is 18.2 Å². The van der Waals surface area contributed by atoms with Crippen LogP contribution < -0.4 is 4.74 Å². The van der Waals surface area contributed by atoms with Crippen LogP contribution in [0.25, 0.3) is 39.4 Å². The van der Waals surface area contributed by atoms with E-state index < -0.39 is 34.7 Å². The second kappa shape index (κ2) is 12.1. The molecule has 0 saturated heterocycles. The summed E-state index contributed by atoms with van der Waals surface area (Å²) in [4.78, 5) is 9.23. The number of sulfone groups is 1. The Bertz CT molecular complexity index is 1960. The van der Waals surface area contributed by atoms with Gasteiger partial charge in [-0.25, -0.2) is 18.4 Å². The molecule has 5 rings (SSSR count). The van der Waals surface area contributed by atoms with Gasteiger partial charge in [0.05, 0.1) is 35.4 Å². The Morgan fingerprint density at radius 1 is 0.978 bits per heavy atom. The van der Waals surface area contributed by atoms with E-state index in [9.17, 15) is 31.8 Å². The van der Waals surface area contributed by atoms with Gasteiger partial charge < -0.3 is 23.9 Å². The summed E-state index contributed by atoms with van der Waals surface area (Å²) in [5, 5.41) is 19.8. The number of aryl methyl sites for hydroxylation is 2. The summed E-state index contributed by atoms with van der Waals surface area (Å²) in [6, 6.07) is 15.4. The first kappa shape index (κ1) is 31.9. The fourth-order valence-electron chi connectivity index (χ4n) is 5.08. The first-order chi connectivity index (χ1) is 21.1. The molecule has 2 N–H and O–H groups in total. The van der Waals surface area contributed by atoms with Crippen molar-refractivity contribution in [2.24, 2.45) is 0 Å². The zero-order valence-corrected chi connectivity index (χ0v) is 25.6. The molecule has 0 spiro atoms. The number of aromatic nitrogens is 3. The number of imidazole rings is 1. The lowest BCUT2D eigenvalue weighted by molar-refractivity contribution is -0.274. The van der Waals surface area contributed by atoms with Gasteiger partial charge in [0.25, 0.3) is 0 Å². The van der Waals surface area contributed by atoms with Crippen LogP contribution in [0.4, 0.5) is 13.2 Å². The van der Waals surface area contributed by atoms with Gasteiger partial charge in [0.15, 0.2) is 21.5 Å². The molecule has 0 aliphatic rings. The topological polar surface area (TPSA) is 128 Å². The summed E-state index contributed by atoms with van der Waals surface area (Å²) in [6.45, 7) is 4.80. The van der Waals surface area contributed by atoms with Gasteiger partial charge in [-0.15, -0.1) is 13.2 Å². The Labute approximate surface area is 257 Å². The third-order valence-corrected chi connectivity index (χ3v) is 8.15. The monoisotopic (exact) mass is 641 g/mol. The minimum Gasteiger partial charge on any atom is -0.440 e. The average molecular weight is 642 g/mol. The standard InChI is InChI=1S/C32H30F3N3O6S/c1-18-16-38(20(3)36-18)27-12-9-22(23-5-6-24(17-39)28(15-23)45(4,41)42)14-26(27)30-31(43-29(37-30)13-19(2)40)21-7-10-25(11-8-21)44-32(33,34)35/h5-12,14-16,19,39-40H,13,17H2,1-4H3. The Balaban J connectivity index is 1.75. The predicted molar refractivity (Wildman–Crippen MR) is 161 cm³/mol. The molecular weight excluding hydrogens is 611 g/mol. The zero-order valence-electron chi connectivity index (χ0n) is 24.8. The number of hydrogen-bond donors (Lipinski definition) is 2. The Morgan fingerprint density at radius 3 is 2.20 bits per heavy atom. The van der Waals surface area contributed by atoms with Crippen molar-refractivity contribution in [3.8, 4) is 45.1 Å². The number of ether oxygens (including phenoxy) is 1. The van der Waals surface area contributed by atoms with Crippen LogP contribution in [-0.2, 0) is 22.9 Å². The lowest BCUT2D eigenvalue weighted by Gasteiger charge is -2.15. The molecule has 0 radical (unpaired) electrons. The highest BCUT2D eigenvalue weighted by molar-refractivity contribution is 7.90. The van der Waals surface area contributed by atoms with Crippen molar-refractivity contribution < 1.29 is 41.0 Å². The molecule has 1 unspecified atom stereocenters. The molecule has 0 aliphatic carbocycles. The van der Waals surface area contributed by atoms with Crippen molar-refractivity contribution in [2.45, 2.75) is 51.2 Å². The van der Waals surface area contributed by atoms with E-state index in [-0.39, 0.29) is 28.5 Å². The maximum Gasteiger partial charge on any atom is 0.573 e. The summed E-state index contributed by atoms with van der Waals surface area (Å²) < 4.78 is 75.4. The molecule has 0 amide bonds. The predicted octanol–water partition coefficient (Wildman–Crippen LogP) is 6.20. The maximum atomic E-state index is 12.8. The van der Waals surface area contributed by atoms with Crippen LogP contribution in [0.1, 0.15) is 29.9 Å². The van der Waals surface area contributed by atoms with E-state index in [2.05, 4.69) is 9.72 Å². The van der Waals surface area contributed by atoms with Gasteiger partial charge >= 0.3 is 6.36 Å². The van der Waals surface area contributed by atoms with E-state index in [1.165, 1.54) is 30.3 Å². The molecular formula is C32H30F3N3O6S. The quantitative estimate of drug-likeness (QED) is 0.195. The van der Waals surface area contributed by atoms with Crippen molar-refractivity contribution in [1.29, 1.82) is 0 Å². The highest BCUT2D eigenvalue weighted by Gasteiger charge is 2.31. The number of rotatable bonds is 9. The first-order valence-electron chi connectivity index (χ1n) is 13.8. The van der Waals surface area contributed by atoms with Crippen LogP contribution >= 0.6 is 0 Å². The Hall–Kier alpha value is -4.46. The van der Waals surface area contributed by atoms with Crippen LogP contribution in [0.3, 0.4) is 0 Å². The highest BCUT2D eigenvalue weighted by atomic mass is 32.2. The van der Waals surface area contributed by atoms with Crippen LogP contribution in [0.5, 0.6) is 5.75 Å². The molecule has 1 atom stereocenters. The number of halogens is 3. The van der Waals surface area contributed by atoms with Gasteiger partial charge in [-0.3, -0.25) is 0 Å². The van der Waals surface area contributed by atoms with Crippen molar-refractivity contribution in [2.75, 3.05) is 6.26 Å². The van der Waals surface area contributed by atoms with Crippen LogP contribution in [0.2, 0.25) is 0 Å². The van der Waals surface area contributed by atoms with Crippen molar-refractivity contribution >= 4 is 9.84 Å². The number of nitrogens with zero attached hydrogens (tertiary/aromatic N) is 3. The fraction of sp³-hybridized carbons (Fsp3) is 0.250. The molecule has 45 heavy (non-hydrogen) atoms. The van der Waals surface area contributed by atoms with E-state index >= 15 is 0 Å². The highest BCUT2D eigenvalue weighted by Crippen LogP contribution is 2.40. The summed E-state index contributed by atoms with van der Waals surface area (Å²) in [7, 11) is -3.66. The molecule has 2 heterocycles. The minimum atomic E-state index is -4.86. The summed E-state index contributed by atoms with van der Waals surface area (Å²) in [5.74, 6) is 0.713. The molecule has 0 bridgehead atoms. The number of alkyl halides is 3. The van der Waals surface area contributed by atoms with Crippen molar-refractivity contribution in [1.82, 2.24) is 14.5 Å². The summed E-state index contributed by atoms with van der Waals surface area (Å²) in [6.07, 6.45) is -2.67. The number of hydrogen-bond acceptors (Lipinski definition) is 8. The number of aliphatic hydroxyl groups is 2. The molecule has 9 nitrogen and oxygen atoms in total. The minimum absolute atomic E-state index is 0.00304. The molecule has 5 aromatic rings. The molecule has 0 saturated carbocycles.